The Labute approximate surface area is 98.4 Å². The van der Waals surface area contributed by atoms with Crippen LogP contribution in [0.4, 0.5) is 0 Å². The number of carbonyl (C=O) groups is 3. The smallest absolute Gasteiger partial charge is 0.237 e. The first-order chi connectivity index (χ1) is 7.96. The van der Waals surface area contributed by atoms with Gasteiger partial charge in [0.05, 0.1) is 0 Å². The molecule has 0 aromatic rings. The largest absolute Gasteiger partial charge is 0.294 e. The van der Waals surface area contributed by atoms with E-state index in [2.05, 4.69) is 0 Å². The molecule has 0 aliphatic rings. The Kier molecular flexibility index (Phi) is 6.79. The average Bonchev–Trinajstić information content (AvgIpc) is 2.35. The predicted molar refractivity (Wildman–Crippen MR) is 58.9 cm³/mol. The zero-order chi connectivity index (χ0) is 13.4. The summed E-state index contributed by atoms with van der Waals surface area (Å²) in [5.41, 5.74) is 5.81. The van der Waals surface area contributed by atoms with Gasteiger partial charge in [0.15, 0.2) is 0 Å². The maximum atomic E-state index is 11.4. The van der Waals surface area contributed by atoms with Gasteiger partial charge in [-0.15, -0.1) is 0 Å². The molecule has 17 heavy (non-hydrogen) atoms. The van der Waals surface area contributed by atoms with E-state index in [1.165, 1.54) is 0 Å². The molecule has 0 aromatic carbocycles. The van der Waals surface area contributed by atoms with Gasteiger partial charge in [-0.1, -0.05) is 6.92 Å². The molecule has 3 amide bonds. The minimum Gasteiger partial charge on any atom is -0.294 e. The lowest BCUT2D eigenvalue weighted by Crippen LogP contribution is -2.42. The molecular weight excluding hydrogens is 228 g/mol. The summed E-state index contributed by atoms with van der Waals surface area (Å²) in [4.78, 5) is 33.7. The minimum absolute atomic E-state index is 0.138. The van der Waals surface area contributed by atoms with E-state index in [1.54, 1.807) is 6.92 Å². The first-order valence-electron chi connectivity index (χ1n) is 4.96. The van der Waals surface area contributed by atoms with Gasteiger partial charge in [0.1, 0.15) is 0 Å². The van der Waals surface area contributed by atoms with Crippen LogP contribution in [0.5, 0.6) is 0 Å². The lowest BCUT2D eigenvalue weighted by Gasteiger charge is -2.17. The second-order valence-electron chi connectivity index (χ2n) is 3.62. The van der Waals surface area contributed by atoms with E-state index in [-0.39, 0.29) is 12.8 Å². The molecule has 9 N–H and O–H groups in total. The molecule has 9 heteroatoms. The van der Waals surface area contributed by atoms with Crippen LogP contribution in [0.1, 0.15) is 19.8 Å². The van der Waals surface area contributed by atoms with Gasteiger partial charge in [0.2, 0.25) is 17.7 Å². The third-order valence-corrected chi connectivity index (χ3v) is 2.33. The van der Waals surface area contributed by atoms with Crippen molar-refractivity contribution in [3.8, 4) is 0 Å². The molecular formula is C8H18N6O3. The highest BCUT2D eigenvalue weighted by molar-refractivity contribution is 5.86. The average molecular weight is 246 g/mol. The SMILES string of the molecule is CC(CC(CC(=O)NN)C(=O)NN)C(=O)NN. The summed E-state index contributed by atoms with van der Waals surface area (Å²) in [5.74, 6) is 12.1. The molecule has 0 radical (unpaired) electrons. The first kappa shape index (κ1) is 15.3. The summed E-state index contributed by atoms with van der Waals surface area (Å²) >= 11 is 0. The van der Waals surface area contributed by atoms with Crippen molar-refractivity contribution in [3.63, 3.8) is 0 Å². The Bertz CT molecular complexity index is 295. The summed E-state index contributed by atoms with van der Waals surface area (Å²) in [6.45, 7) is 1.58. The molecule has 0 aliphatic heterocycles. The van der Waals surface area contributed by atoms with Crippen molar-refractivity contribution in [2.75, 3.05) is 0 Å². The fraction of sp³-hybridized carbons (Fsp3) is 0.625. The van der Waals surface area contributed by atoms with Crippen LogP contribution in [0, 0.1) is 11.8 Å². The highest BCUT2D eigenvalue weighted by Gasteiger charge is 2.25. The van der Waals surface area contributed by atoms with Crippen molar-refractivity contribution in [2.24, 2.45) is 29.4 Å². The highest BCUT2D eigenvalue weighted by atomic mass is 16.2. The number of hydrogen-bond acceptors (Lipinski definition) is 6. The number of hydrogen-bond donors (Lipinski definition) is 6. The third-order valence-electron chi connectivity index (χ3n) is 2.33. The van der Waals surface area contributed by atoms with Crippen molar-refractivity contribution < 1.29 is 14.4 Å². The van der Waals surface area contributed by atoms with Crippen LogP contribution in [-0.4, -0.2) is 17.7 Å². The van der Waals surface area contributed by atoms with Gasteiger partial charge in [0, 0.05) is 18.3 Å². The quantitative estimate of drug-likeness (QED) is 0.166. The number of nitrogens with one attached hydrogen (secondary N) is 3. The van der Waals surface area contributed by atoms with Gasteiger partial charge in [-0.25, -0.2) is 17.5 Å². The summed E-state index contributed by atoms with van der Waals surface area (Å²) in [7, 11) is 0. The maximum Gasteiger partial charge on any atom is 0.237 e. The highest BCUT2D eigenvalue weighted by Crippen LogP contribution is 2.16. The van der Waals surface area contributed by atoms with Crippen LogP contribution in [0.25, 0.3) is 0 Å². The van der Waals surface area contributed by atoms with Gasteiger partial charge < -0.3 is 0 Å². The van der Waals surface area contributed by atoms with Crippen molar-refractivity contribution in [1.82, 2.24) is 16.3 Å². The normalized spacial score (nSPS) is 13.4. The van der Waals surface area contributed by atoms with Crippen molar-refractivity contribution in [2.45, 2.75) is 19.8 Å². The van der Waals surface area contributed by atoms with Gasteiger partial charge in [-0.2, -0.15) is 0 Å². The van der Waals surface area contributed by atoms with Crippen LogP contribution in [0.15, 0.2) is 0 Å². The molecule has 0 saturated heterocycles. The monoisotopic (exact) mass is 246 g/mol. The van der Waals surface area contributed by atoms with E-state index in [1.807, 2.05) is 16.3 Å². The lowest BCUT2D eigenvalue weighted by molar-refractivity contribution is -0.132. The second kappa shape index (κ2) is 7.54. The molecule has 2 unspecified atom stereocenters. The zero-order valence-electron chi connectivity index (χ0n) is 9.53. The summed E-state index contributed by atoms with van der Waals surface area (Å²) in [5, 5.41) is 0. The molecule has 0 fully saturated rings. The van der Waals surface area contributed by atoms with E-state index < -0.39 is 29.6 Å². The number of rotatable bonds is 6. The van der Waals surface area contributed by atoms with Crippen LogP contribution in [-0.2, 0) is 14.4 Å². The molecule has 0 bridgehead atoms. The molecule has 2 atom stereocenters. The summed E-state index contributed by atoms with van der Waals surface area (Å²) in [6.07, 6.45) is -0.0127. The molecule has 0 saturated carbocycles. The first-order valence-corrected chi connectivity index (χ1v) is 4.96. The van der Waals surface area contributed by atoms with Crippen molar-refractivity contribution >= 4 is 17.7 Å². The van der Waals surface area contributed by atoms with Crippen molar-refractivity contribution in [1.29, 1.82) is 0 Å². The van der Waals surface area contributed by atoms with Crippen LogP contribution in [0.2, 0.25) is 0 Å². The van der Waals surface area contributed by atoms with Crippen molar-refractivity contribution in [3.05, 3.63) is 0 Å². The molecule has 0 rings (SSSR count). The summed E-state index contributed by atoms with van der Waals surface area (Å²) < 4.78 is 0. The number of carbonyl (C=O) groups excluding carboxylic acids is 3. The number of hydrazine groups is 3. The molecule has 0 aliphatic carbocycles. The van der Waals surface area contributed by atoms with Crippen LogP contribution >= 0.6 is 0 Å². The van der Waals surface area contributed by atoms with E-state index in [0.29, 0.717) is 0 Å². The third kappa shape index (κ3) is 5.24. The molecule has 0 aromatic heterocycles. The second-order valence-corrected chi connectivity index (χ2v) is 3.62. The molecule has 0 spiro atoms. The van der Waals surface area contributed by atoms with E-state index >= 15 is 0 Å². The van der Waals surface area contributed by atoms with Crippen LogP contribution in [0.3, 0.4) is 0 Å². The van der Waals surface area contributed by atoms with E-state index in [0.717, 1.165) is 0 Å². The van der Waals surface area contributed by atoms with Gasteiger partial charge in [0.25, 0.3) is 0 Å². The van der Waals surface area contributed by atoms with E-state index in [4.69, 9.17) is 17.5 Å². The van der Waals surface area contributed by atoms with Gasteiger partial charge in [-0.3, -0.25) is 30.7 Å². The Balaban J connectivity index is 4.54. The Morgan fingerprint density at radius 1 is 1.00 bits per heavy atom. The van der Waals surface area contributed by atoms with Crippen LogP contribution < -0.4 is 33.8 Å². The Morgan fingerprint density at radius 2 is 1.53 bits per heavy atom. The fourth-order valence-corrected chi connectivity index (χ4v) is 1.36. The van der Waals surface area contributed by atoms with Gasteiger partial charge in [-0.05, 0) is 6.42 Å². The molecule has 9 nitrogen and oxygen atoms in total. The topological polar surface area (TPSA) is 165 Å². The fourth-order valence-electron chi connectivity index (χ4n) is 1.36. The predicted octanol–water partition coefficient (Wildman–Crippen LogP) is -3.01. The van der Waals surface area contributed by atoms with E-state index in [9.17, 15) is 14.4 Å². The lowest BCUT2D eigenvalue weighted by atomic mass is 9.91. The maximum absolute atomic E-state index is 11.4. The number of nitrogens with two attached hydrogens (primary N) is 3. The van der Waals surface area contributed by atoms with Gasteiger partial charge >= 0.3 is 0 Å². The number of amides is 3. The molecule has 98 valence electrons. The summed E-state index contributed by atoms with van der Waals surface area (Å²) in [6, 6.07) is 0. The standard InChI is InChI=1S/C8H18N6O3/c1-4(7(16)13-10)2-5(8(17)14-11)3-6(15)12-9/h4-5H,2-3,9-11H2,1H3,(H,12,15)(H,13,16)(H,14,17). The molecule has 0 heterocycles. The zero-order valence-corrected chi connectivity index (χ0v) is 9.53. The Morgan fingerprint density at radius 3 is 1.94 bits per heavy atom. The Hall–Kier alpha value is -1.71. The minimum atomic E-state index is -0.740.